The van der Waals surface area contributed by atoms with E-state index in [0.29, 0.717) is 12.1 Å². The van der Waals surface area contributed by atoms with Crippen LogP contribution in [0.25, 0.3) is 0 Å². The van der Waals surface area contributed by atoms with Crippen LogP contribution in [-0.2, 0) is 13.2 Å². The van der Waals surface area contributed by atoms with Crippen molar-refractivity contribution >= 4 is 27.5 Å². The van der Waals surface area contributed by atoms with E-state index < -0.39 is 0 Å². The first-order chi connectivity index (χ1) is 9.20. The van der Waals surface area contributed by atoms with Crippen molar-refractivity contribution in [3.05, 3.63) is 63.6 Å². The summed E-state index contributed by atoms with van der Waals surface area (Å²) in [5.41, 5.74) is 3.31. The third-order valence-electron chi connectivity index (χ3n) is 3.37. The second kappa shape index (κ2) is 4.79. The molecule has 0 radical (unpaired) electrons. The number of nitrogens with zero attached hydrogens (tertiary/aromatic N) is 1. The molecule has 2 aromatic rings. The Balaban J connectivity index is 2.01. The van der Waals surface area contributed by atoms with Gasteiger partial charge in [-0.1, -0.05) is 28.1 Å². The molecule has 19 heavy (non-hydrogen) atoms. The fourth-order valence-electron chi connectivity index (χ4n) is 2.37. The van der Waals surface area contributed by atoms with Gasteiger partial charge in [-0.3, -0.25) is 4.79 Å². The lowest BCUT2D eigenvalue weighted by Gasteiger charge is -2.15. The van der Waals surface area contributed by atoms with Crippen LogP contribution in [0, 0.1) is 0 Å². The lowest BCUT2D eigenvalue weighted by atomic mass is 10.0. The van der Waals surface area contributed by atoms with Crippen molar-refractivity contribution in [3.63, 3.8) is 0 Å². The van der Waals surface area contributed by atoms with Crippen molar-refractivity contribution in [2.75, 3.05) is 4.90 Å². The highest BCUT2D eigenvalue weighted by atomic mass is 79.9. The summed E-state index contributed by atoms with van der Waals surface area (Å²) in [5.74, 6) is -0.00683. The number of rotatable bonds is 2. The number of aliphatic hydroxyl groups excluding tert-OH is 1. The third-order valence-corrected chi connectivity index (χ3v) is 3.90. The first-order valence-corrected chi connectivity index (χ1v) is 6.79. The molecule has 0 atom stereocenters. The average molecular weight is 318 g/mol. The van der Waals surface area contributed by atoms with E-state index in [0.717, 1.165) is 21.3 Å². The highest BCUT2D eigenvalue weighted by Crippen LogP contribution is 2.31. The largest absolute Gasteiger partial charge is 0.392 e. The van der Waals surface area contributed by atoms with Crippen molar-refractivity contribution in [2.24, 2.45) is 0 Å². The van der Waals surface area contributed by atoms with E-state index in [-0.39, 0.29) is 12.5 Å². The molecule has 0 fully saturated rings. The van der Waals surface area contributed by atoms with Crippen LogP contribution in [0.4, 0.5) is 5.69 Å². The number of anilines is 1. The fraction of sp³-hybridized carbons (Fsp3) is 0.133. The fourth-order valence-corrected chi connectivity index (χ4v) is 2.64. The zero-order chi connectivity index (χ0) is 13.4. The number of halogens is 1. The maximum atomic E-state index is 12.4. The first-order valence-electron chi connectivity index (χ1n) is 6.00. The van der Waals surface area contributed by atoms with Gasteiger partial charge in [0.05, 0.1) is 13.2 Å². The lowest BCUT2D eigenvalue weighted by molar-refractivity contribution is 0.0996. The average Bonchev–Trinajstić information content (AvgIpc) is 2.77. The Kier molecular flexibility index (Phi) is 3.12. The summed E-state index contributed by atoms with van der Waals surface area (Å²) in [6.45, 7) is 0.483. The van der Waals surface area contributed by atoms with E-state index in [1.807, 2.05) is 42.5 Å². The van der Waals surface area contributed by atoms with Gasteiger partial charge in [0.15, 0.2) is 0 Å². The van der Waals surface area contributed by atoms with Crippen LogP contribution >= 0.6 is 15.9 Å². The van der Waals surface area contributed by atoms with Crippen molar-refractivity contribution in [3.8, 4) is 0 Å². The van der Waals surface area contributed by atoms with Gasteiger partial charge in [-0.2, -0.15) is 0 Å². The molecule has 0 aromatic heterocycles. The summed E-state index contributed by atoms with van der Waals surface area (Å²) >= 11 is 3.38. The van der Waals surface area contributed by atoms with Gasteiger partial charge in [0.1, 0.15) is 0 Å². The van der Waals surface area contributed by atoms with Crippen LogP contribution in [0.2, 0.25) is 0 Å². The molecule has 1 amide bonds. The zero-order valence-corrected chi connectivity index (χ0v) is 11.7. The van der Waals surface area contributed by atoms with Gasteiger partial charge in [-0.25, -0.2) is 0 Å². The van der Waals surface area contributed by atoms with Gasteiger partial charge < -0.3 is 10.0 Å². The van der Waals surface area contributed by atoms with Gasteiger partial charge >= 0.3 is 0 Å². The predicted molar refractivity (Wildman–Crippen MR) is 77.0 cm³/mol. The standard InChI is InChI=1S/C15H12BrNO2/c16-11-4-6-12(7-5-11)17-8-14-10(9-18)2-1-3-13(14)15(17)19/h1-7,18H,8-9H2. The van der Waals surface area contributed by atoms with E-state index in [9.17, 15) is 9.90 Å². The number of hydrogen-bond donors (Lipinski definition) is 1. The number of hydrogen-bond acceptors (Lipinski definition) is 2. The molecule has 0 saturated heterocycles. The molecule has 1 aliphatic rings. The maximum Gasteiger partial charge on any atom is 0.258 e. The smallest absolute Gasteiger partial charge is 0.258 e. The molecule has 1 N–H and O–H groups in total. The van der Waals surface area contributed by atoms with E-state index >= 15 is 0 Å². The third kappa shape index (κ3) is 2.07. The molecule has 96 valence electrons. The topological polar surface area (TPSA) is 40.5 Å². The van der Waals surface area contributed by atoms with Crippen molar-refractivity contribution < 1.29 is 9.90 Å². The normalized spacial score (nSPS) is 13.8. The second-order valence-corrected chi connectivity index (χ2v) is 5.38. The molecule has 3 rings (SSSR count). The monoisotopic (exact) mass is 317 g/mol. The molecule has 1 aliphatic heterocycles. The zero-order valence-electron chi connectivity index (χ0n) is 10.1. The predicted octanol–water partition coefficient (Wildman–Crippen LogP) is 3.10. The molecule has 2 aromatic carbocycles. The highest BCUT2D eigenvalue weighted by Gasteiger charge is 2.29. The Bertz CT molecular complexity index is 637. The Morgan fingerprint density at radius 1 is 1.16 bits per heavy atom. The molecule has 0 unspecified atom stereocenters. The molecular formula is C15H12BrNO2. The van der Waals surface area contributed by atoms with Crippen LogP contribution < -0.4 is 4.90 Å². The number of carbonyl (C=O) groups excluding carboxylic acids is 1. The quantitative estimate of drug-likeness (QED) is 0.924. The van der Waals surface area contributed by atoms with Crippen molar-refractivity contribution in [1.82, 2.24) is 0 Å². The van der Waals surface area contributed by atoms with Crippen LogP contribution in [-0.4, -0.2) is 11.0 Å². The van der Waals surface area contributed by atoms with Crippen LogP contribution in [0.15, 0.2) is 46.9 Å². The molecule has 0 aliphatic carbocycles. The van der Waals surface area contributed by atoms with Gasteiger partial charge in [0.2, 0.25) is 0 Å². The first kappa shape index (κ1) is 12.4. The molecule has 4 heteroatoms. The minimum atomic E-state index is -0.0371. The summed E-state index contributed by atoms with van der Waals surface area (Å²) in [6, 6.07) is 13.1. The van der Waals surface area contributed by atoms with Gasteiger partial charge in [0.25, 0.3) is 5.91 Å². The van der Waals surface area contributed by atoms with E-state index in [1.165, 1.54) is 0 Å². The van der Waals surface area contributed by atoms with E-state index in [2.05, 4.69) is 15.9 Å². The van der Waals surface area contributed by atoms with Crippen LogP contribution in [0.3, 0.4) is 0 Å². The minimum Gasteiger partial charge on any atom is -0.392 e. The summed E-state index contributed by atoms with van der Waals surface area (Å²) in [5, 5.41) is 9.35. The molecule has 0 saturated carbocycles. The number of carbonyl (C=O) groups is 1. The minimum absolute atomic E-state index is 0.00683. The molecule has 0 bridgehead atoms. The number of benzene rings is 2. The van der Waals surface area contributed by atoms with Crippen LogP contribution in [0.1, 0.15) is 21.5 Å². The summed E-state index contributed by atoms with van der Waals surface area (Å²) in [4.78, 5) is 14.1. The van der Waals surface area contributed by atoms with Gasteiger partial charge in [-0.05, 0) is 41.5 Å². The molecular weight excluding hydrogens is 306 g/mol. The van der Waals surface area contributed by atoms with Gasteiger partial charge in [-0.15, -0.1) is 0 Å². The molecule has 1 heterocycles. The Morgan fingerprint density at radius 2 is 1.89 bits per heavy atom. The van der Waals surface area contributed by atoms with Gasteiger partial charge in [0, 0.05) is 15.7 Å². The number of amides is 1. The van der Waals surface area contributed by atoms with E-state index in [1.54, 1.807) is 4.90 Å². The Hall–Kier alpha value is -1.65. The summed E-state index contributed by atoms with van der Waals surface area (Å²) in [7, 11) is 0. The van der Waals surface area contributed by atoms with Crippen LogP contribution in [0.5, 0.6) is 0 Å². The maximum absolute atomic E-state index is 12.4. The summed E-state index contributed by atoms with van der Waals surface area (Å²) in [6.07, 6.45) is 0. The lowest BCUT2D eigenvalue weighted by Crippen LogP contribution is -2.22. The summed E-state index contributed by atoms with van der Waals surface area (Å²) < 4.78 is 0.983. The Morgan fingerprint density at radius 3 is 2.58 bits per heavy atom. The number of fused-ring (bicyclic) bond motifs is 1. The van der Waals surface area contributed by atoms with E-state index in [4.69, 9.17) is 0 Å². The molecule has 3 nitrogen and oxygen atoms in total. The number of aliphatic hydroxyl groups is 1. The molecule has 0 spiro atoms. The highest BCUT2D eigenvalue weighted by molar-refractivity contribution is 9.10. The second-order valence-electron chi connectivity index (χ2n) is 4.47. The Labute approximate surface area is 119 Å². The SMILES string of the molecule is O=C1c2cccc(CO)c2CN1c1ccc(Br)cc1. The van der Waals surface area contributed by atoms with Crippen molar-refractivity contribution in [2.45, 2.75) is 13.2 Å². The van der Waals surface area contributed by atoms with Crippen molar-refractivity contribution in [1.29, 1.82) is 0 Å².